The molecule has 2 aromatic heterocycles. The van der Waals surface area contributed by atoms with Gasteiger partial charge in [0.25, 0.3) is 0 Å². The number of hydrogen-bond donors (Lipinski definition) is 2. The highest BCUT2D eigenvalue weighted by atomic mass is 19.2. The van der Waals surface area contributed by atoms with Gasteiger partial charge in [-0.15, -0.1) is 5.10 Å². The Hall–Kier alpha value is -5.19. The molecule has 0 aliphatic heterocycles. The van der Waals surface area contributed by atoms with Crippen LogP contribution in [-0.2, 0) is 0 Å². The molecule has 0 fully saturated rings. The van der Waals surface area contributed by atoms with Gasteiger partial charge in [0.15, 0.2) is 17.5 Å². The van der Waals surface area contributed by atoms with Gasteiger partial charge < -0.3 is 11.1 Å². The zero-order valence-corrected chi connectivity index (χ0v) is 19.5. The molecule has 11 heteroatoms. The number of hydrogen-bond acceptors (Lipinski definition) is 6. The van der Waals surface area contributed by atoms with E-state index in [9.17, 15) is 13.6 Å². The molecule has 184 valence electrons. The summed E-state index contributed by atoms with van der Waals surface area (Å²) in [6.07, 6.45) is 1.58. The first kappa shape index (κ1) is 23.5. The lowest BCUT2D eigenvalue weighted by atomic mass is 10.0. The summed E-state index contributed by atoms with van der Waals surface area (Å²) in [6.45, 7) is 0. The van der Waals surface area contributed by atoms with Crippen LogP contribution in [0, 0.1) is 11.6 Å². The Labute approximate surface area is 210 Å². The second-order valence-corrected chi connectivity index (χ2v) is 8.05. The number of anilines is 3. The van der Waals surface area contributed by atoms with Gasteiger partial charge in [0.2, 0.25) is 0 Å². The number of amides is 2. The maximum Gasteiger partial charge on any atom is 0.326 e. The van der Waals surface area contributed by atoms with Gasteiger partial charge in [0, 0.05) is 30.2 Å². The molecule has 0 saturated heterocycles. The Morgan fingerprint density at radius 3 is 2.49 bits per heavy atom. The zero-order chi connectivity index (χ0) is 25.9. The van der Waals surface area contributed by atoms with E-state index in [2.05, 4.69) is 25.8 Å². The summed E-state index contributed by atoms with van der Waals surface area (Å²) in [5.74, 6) is -1.90. The molecule has 3 aromatic carbocycles. The van der Waals surface area contributed by atoms with E-state index in [1.165, 1.54) is 17.0 Å². The number of benzene rings is 3. The van der Waals surface area contributed by atoms with Crippen molar-refractivity contribution < 1.29 is 13.6 Å². The lowest BCUT2D eigenvalue weighted by Gasteiger charge is -2.18. The summed E-state index contributed by atoms with van der Waals surface area (Å²) in [6, 6.07) is 21.6. The zero-order valence-electron chi connectivity index (χ0n) is 19.5. The summed E-state index contributed by atoms with van der Waals surface area (Å²) in [4.78, 5) is 18.3. The quantitative estimate of drug-likeness (QED) is 0.356. The van der Waals surface area contributed by atoms with Crippen molar-refractivity contribution in [1.29, 1.82) is 0 Å². The van der Waals surface area contributed by atoms with Crippen LogP contribution < -0.4 is 16.0 Å². The Balaban J connectivity index is 1.40. The lowest BCUT2D eigenvalue weighted by Crippen LogP contribution is -2.31. The third kappa shape index (κ3) is 4.69. The summed E-state index contributed by atoms with van der Waals surface area (Å²) in [7, 11) is 1.68. The summed E-state index contributed by atoms with van der Waals surface area (Å²) < 4.78 is 29.3. The van der Waals surface area contributed by atoms with Gasteiger partial charge in [0.05, 0.1) is 5.56 Å². The smallest absolute Gasteiger partial charge is 0.326 e. The van der Waals surface area contributed by atoms with Crippen molar-refractivity contribution in [2.45, 2.75) is 0 Å². The Morgan fingerprint density at radius 1 is 0.973 bits per heavy atom. The predicted octanol–water partition coefficient (Wildman–Crippen LogP) is 4.92. The largest absolute Gasteiger partial charge is 0.383 e. The van der Waals surface area contributed by atoms with Gasteiger partial charge >= 0.3 is 6.03 Å². The lowest BCUT2D eigenvalue weighted by molar-refractivity contribution is 0.258. The van der Waals surface area contributed by atoms with Gasteiger partial charge in [-0.2, -0.15) is 4.68 Å². The van der Waals surface area contributed by atoms with Crippen molar-refractivity contribution >= 4 is 23.2 Å². The fraction of sp³-hybridized carbons (Fsp3) is 0.0385. The molecule has 3 N–H and O–H groups in total. The molecule has 9 nitrogen and oxygen atoms in total. The minimum atomic E-state index is -1.09. The second-order valence-electron chi connectivity index (χ2n) is 8.05. The van der Waals surface area contributed by atoms with Gasteiger partial charge in [-0.3, -0.25) is 4.90 Å². The topological polar surface area (TPSA) is 115 Å². The molecule has 5 rings (SSSR count). The number of nitrogens with zero attached hydrogens (tertiary/aromatic N) is 6. The maximum absolute atomic E-state index is 14.4. The molecule has 0 bridgehead atoms. The molecule has 5 aromatic rings. The van der Waals surface area contributed by atoms with Crippen LogP contribution >= 0.6 is 0 Å². The van der Waals surface area contributed by atoms with Gasteiger partial charge in [-0.1, -0.05) is 36.4 Å². The summed E-state index contributed by atoms with van der Waals surface area (Å²) >= 11 is 0. The Kier molecular flexibility index (Phi) is 6.25. The molecule has 0 aliphatic rings. The van der Waals surface area contributed by atoms with E-state index < -0.39 is 11.6 Å². The first-order valence-corrected chi connectivity index (χ1v) is 11.1. The van der Waals surface area contributed by atoms with Crippen molar-refractivity contribution in [2.75, 3.05) is 23.0 Å². The van der Waals surface area contributed by atoms with E-state index in [0.29, 0.717) is 16.8 Å². The number of urea groups is 1. The fourth-order valence-electron chi connectivity index (χ4n) is 3.71. The molecule has 0 radical (unpaired) electrons. The van der Waals surface area contributed by atoms with Crippen LogP contribution in [0.4, 0.5) is 30.8 Å². The molecular formula is C26H20F2N8O. The van der Waals surface area contributed by atoms with Crippen LogP contribution in [0.1, 0.15) is 0 Å². The third-order valence-corrected chi connectivity index (χ3v) is 5.71. The number of para-hydroxylation sites is 1. The van der Waals surface area contributed by atoms with Gasteiger partial charge in [-0.05, 0) is 58.5 Å². The highest BCUT2D eigenvalue weighted by molar-refractivity contribution is 6.01. The van der Waals surface area contributed by atoms with Crippen LogP contribution in [0.2, 0.25) is 0 Å². The molecule has 0 aliphatic carbocycles. The van der Waals surface area contributed by atoms with Crippen molar-refractivity contribution in [2.24, 2.45) is 0 Å². The predicted molar refractivity (Wildman–Crippen MR) is 136 cm³/mol. The minimum Gasteiger partial charge on any atom is -0.383 e. The van der Waals surface area contributed by atoms with Crippen molar-refractivity contribution in [3.05, 3.63) is 96.7 Å². The summed E-state index contributed by atoms with van der Waals surface area (Å²) in [5.41, 5.74) is 9.09. The number of halogens is 2. The molecule has 0 unspecified atom stereocenters. The number of nitrogen functional groups attached to an aromatic ring is 1. The van der Waals surface area contributed by atoms with E-state index in [0.717, 1.165) is 22.0 Å². The number of carbonyl (C=O) groups is 1. The van der Waals surface area contributed by atoms with E-state index in [1.807, 2.05) is 42.5 Å². The third-order valence-electron chi connectivity index (χ3n) is 5.71. The number of aromatic nitrogens is 5. The van der Waals surface area contributed by atoms with Crippen molar-refractivity contribution in [3.8, 4) is 28.2 Å². The molecule has 2 amide bonds. The number of nitrogens with one attached hydrogen (secondary N) is 1. The molecule has 0 saturated carbocycles. The van der Waals surface area contributed by atoms with Crippen LogP contribution in [0.3, 0.4) is 0 Å². The normalized spacial score (nSPS) is 10.8. The SMILES string of the molecule is CN(C(=O)Nc1ccc(-c2cnc(N)c(-c3nnnn3-c3cccc(F)c3F)c2)cc1)c1ccccc1. The van der Waals surface area contributed by atoms with E-state index >= 15 is 0 Å². The molecule has 37 heavy (non-hydrogen) atoms. The van der Waals surface area contributed by atoms with Crippen LogP contribution in [0.5, 0.6) is 0 Å². The first-order chi connectivity index (χ1) is 17.9. The average molecular weight is 498 g/mol. The Morgan fingerprint density at radius 2 is 1.73 bits per heavy atom. The van der Waals surface area contributed by atoms with Gasteiger partial charge in [-0.25, -0.2) is 18.6 Å². The summed E-state index contributed by atoms with van der Waals surface area (Å²) in [5, 5.41) is 14.2. The molecule has 0 atom stereocenters. The maximum atomic E-state index is 14.4. The molecule has 0 spiro atoms. The highest BCUT2D eigenvalue weighted by Crippen LogP contribution is 2.30. The molecule has 2 heterocycles. The van der Waals surface area contributed by atoms with Crippen LogP contribution in [-0.4, -0.2) is 38.3 Å². The van der Waals surface area contributed by atoms with Crippen molar-refractivity contribution in [1.82, 2.24) is 25.2 Å². The fourth-order valence-corrected chi connectivity index (χ4v) is 3.71. The highest BCUT2D eigenvalue weighted by Gasteiger charge is 2.19. The van der Waals surface area contributed by atoms with Gasteiger partial charge in [0.1, 0.15) is 11.5 Å². The minimum absolute atomic E-state index is 0.101. The van der Waals surface area contributed by atoms with Crippen LogP contribution in [0.15, 0.2) is 85.1 Å². The number of rotatable bonds is 5. The van der Waals surface area contributed by atoms with E-state index in [1.54, 1.807) is 31.4 Å². The number of carbonyl (C=O) groups excluding carboxylic acids is 1. The number of pyridine rings is 1. The van der Waals surface area contributed by atoms with E-state index in [4.69, 9.17) is 5.73 Å². The monoisotopic (exact) mass is 498 g/mol. The standard InChI is InChI=1S/C26H20F2N8O/c1-35(19-6-3-2-4-7-19)26(37)31-18-12-10-16(11-13-18)17-14-20(24(29)30-15-17)25-32-33-34-36(25)22-9-5-8-21(27)23(22)28/h2-15H,1H3,(H2,29,30)(H,31,37). The second kappa shape index (κ2) is 9.82. The molecular weight excluding hydrogens is 478 g/mol. The van der Waals surface area contributed by atoms with Crippen LogP contribution in [0.25, 0.3) is 28.2 Å². The number of tetrazole rings is 1. The van der Waals surface area contributed by atoms with Crippen molar-refractivity contribution in [3.63, 3.8) is 0 Å². The number of nitrogens with two attached hydrogens (primary N) is 1. The Bertz CT molecular complexity index is 1570. The first-order valence-electron chi connectivity index (χ1n) is 11.1. The van der Waals surface area contributed by atoms with E-state index in [-0.39, 0.29) is 23.4 Å². The average Bonchev–Trinajstić information content (AvgIpc) is 3.40.